The van der Waals surface area contributed by atoms with Gasteiger partial charge in [0.1, 0.15) is 18.4 Å². The van der Waals surface area contributed by atoms with Gasteiger partial charge in [-0.05, 0) is 26.0 Å². The first-order valence-electron chi connectivity index (χ1n) is 8.21. The molecule has 0 radical (unpaired) electrons. The molecule has 1 heterocycles. The van der Waals surface area contributed by atoms with Crippen LogP contribution in [-0.4, -0.2) is 43.8 Å². The SMILES string of the molecule is CCOC(=O)C1=C(COC(=O)COc2ccccc2C#N)NC(=O)N[C@H]1C. The van der Waals surface area contributed by atoms with E-state index in [1.807, 2.05) is 6.07 Å². The number of esters is 2. The van der Waals surface area contributed by atoms with E-state index >= 15 is 0 Å². The highest BCUT2D eigenvalue weighted by Gasteiger charge is 2.30. The molecule has 0 bridgehead atoms. The number of para-hydroxylation sites is 1. The molecule has 142 valence electrons. The molecule has 0 aromatic heterocycles. The van der Waals surface area contributed by atoms with E-state index in [0.29, 0.717) is 0 Å². The van der Waals surface area contributed by atoms with Crippen LogP contribution >= 0.6 is 0 Å². The molecule has 0 saturated heterocycles. The van der Waals surface area contributed by atoms with E-state index in [4.69, 9.17) is 19.5 Å². The van der Waals surface area contributed by atoms with Gasteiger partial charge in [0.15, 0.2) is 6.61 Å². The zero-order chi connectivity index (χ0) is 19.8. The standard InChI is InChI=1S/C18H19N3O6/c1-3-25-17(23)16-11(2)20-18(24)21-13(16)9-27-15(22)10-26-14-7-5-4-6-12(14)8-19/h4-7,11H,3,9-10H2,1-2H3,(H2,20,21,24)/t11-/m0/s1. The van der Waals surface area contributed by atoms with Gasteiger partial charge in [-0.1, -0.05) is 12.1 Å². The molecule has 2 amide bonds. The van der Waals surface area contributed by atoms with Gasteiger partial charge in [0, 0.05) is 0 Å². The third-order valence-electron chi connectivity index (χ3n) is 3.60. The Morgan fingerprint density at radius 2 is 2.00 bits per heavy atom. The molecule has 1 aromatic carbocycles. The van der Waals surface area contributed by atoms with Gasteiger partial charge in [-0.15, -0.1) is 0 Å². The number of urea groups is 1. The Bertz CT molecular complexity index is 812. The van der Waals surface area contributed by atoms with Crippen molar-refractivity contribution >= 4 is 18.0 Å². The summed E-state index contributed by atoms with van der Waals surface area (Å²) in [7, 11) is 0. The third kappa shape index (κ3) is 5.22. The highest BCUT2D eigenvalue weighted by atomic mass is 16.6. The number of hydrogen-bond donors (Lipinski definition) is 2. The lowest BCUT2D eigenvalue weighted by Gasteiger charge is -2.26. The van der Waals surface area contributed by atoms with Crippen molar-refractivity contribution in [2.75, 3.05) is 19.8 Å². The molecular weight excluding hydrogens is 354 g/mol. The molecule has 9 nitrogen and oxygen atoms in total. The summed E-state index contributed by atoms with van der Waals surface area (Å²) in [6.45, 7) is 2.70. The second kappa shape index (κ2) is 9.24. The quantitative estimate of drug-likeness (QED) is 0.683. The molecule has 1 aliphatic rings. The number of rotatable bonds is 7. The highest BCUT2D eigenvalue weighted by Crippen LogP contribution is 2.17. The molecule has 0 unspecified atom stereocenters. The van der Waals surface area contributed by atoms with E-state index in [0.717, 1.165) is 0 Å². The molecule has 0 saturated carbocycles. The second-order valence-corrected chi connectivity index (χ2v) is 5.49. The number of benzene rings is 1. The van der Waals surface area contributed by atoms with Crippen molar-refractivity contribution in [3.63, 3.8) is 0 Å². The fraction of sp³-hybridized carbons (Fsp3) is 0.333. The number of nitriles is 1. The number of carbonyl (C=O) groups excluding carboxylic acids is 3. The Morgan fingerprint density at radius 1 is 1.26 bits per heavy atom. The lowest BCUT2D eigenvalue weighted by molar-refractivity contribution is -0.145. The first-order valence-corrected chi connectivity index (χ1v) is 8.21. The summed E-state index contributed by atoms with van der Waals surface area (Å²) in [6, 6.07) is 7.31. The lowest BCUT2D eigenvalue weighted by Crippen LogP contribution is -2.50. The van der Waals surface area contributed by atoms with Crippen molar-refractivity contribution in [2.45, 2.75) is 19.9 Å². The van der Waals surface area contributed by atoms with Gasteiger partial charge in [0.2, 0.25) is 0 Å². The van der Waals surface area contributed by atoms with Gasteiger partial charge in [-0.3, -0.25) is 0 Å². The Morgan fingerprint density at radius 3 is 2.70 bits per heavy atom. The Hall–Kier alpha value is -3.54. The van der Waals surface area contributed by atoms with Crippen molar-refractivity contribution < 1.29 is 28.6 Å². The van der Waals surface area contributed by atoms with Crippen LogP contribution in [0.25, 0.3) is 0 Å². The number of nitrogens with one attached hydrogen (secondary N) is 2. The number of hydrogen-bond acceptors (Lipinski definition) is 7. The average Bonchev–Trinajstić information content (AvgIpc) is 2.64. The maximum absolute atomic E-state index is 12.1. The molecule has 1 aromatic rings. The number of ether oxygens (including phenoxy) is 3. The first-order chi connectivity index (χ1) is 13.0. The van der Waals surface area contributed by atoms with E-state index in [9.17, 15) is 14.4 Å². The highest BCUT2D eigenvalue weighted by molar-refractivity contribution is 5.94. The van der Waals surface area contributed by atoms with Crippen LogP contribution < -0.4 is 15.4 Å². The molecular formula is C18H19N3O6. The monoisotopic (exact) mass is 373 g/mol. The van der Waals surface area contributed by atoms with Crippen LogP contribution in [0.2, 0.25) is 0 Å². The number of nitrogens with zero attached hydrogens (tertiary/aromatic N) is 1. The smallest absolute Gasteiger partial charge is 0.344 e. The van der Waals surface area contributed by atoms with Gasteiger partial charge in [-0.2, -0.15) is 5.26 Å². The molecule has 0 fully saturated rings. The van der Waals surface area contributed by atoms with Crippen LogP contribution in [0.15, 0.2) is 35.5 Å². The van der Waals surface area contributed by atoms with E-state index in [1.165, 1.54) is 0 Å². The fourth-order valence-corrected chi connectivity index (χ4v) is 2.41. The van der Waals surface area contributed by atoms with Gasteiger partial charge in [-0.25, -0.2) is 14.4 Å². The van der Waals surface area contributed by atoms with Crippen molar-refractivity contribution in [3.05, 3.63) is 41.1 Å². The maximum Gasteiger partial charge on any atom is 0.344 e. The summed E-state index contributed by atoms with van der Waals surface area (Å²) in [5.74, 6) is -1.08. The first kappa shape index (κ1) is 19.8. The van der Waals surface area contributed by atoms with Gasteiger partial charge in [0.25, 0.3) is 0 Å². The average molecular weight is 373 g/mol. The summed E-state index contributed by atoms with van der Waals surface area (Å²) in [5, 5.41) is 14.0. The normalized spacial score (nSPS) is 15.9. The largest absolute Gasteiger partial charge is 0.481 e. The van der Waals surface area contributed by atoms with E-state index in [2.05, 4.69) is 10.6 Å². The van der Waals surface area contributed by atoms with E-state index in [-0.39, 0.29) is 35.8 Å². The topological polar surface area (TPSA) is 127 Å². The zero-order valence-corrected chi connectivity index (χ0v) is 14.9. The van der Waals surface area contributed by atoms with E-state index in [1.54, 1.807) is 38.1 Å². The molecule has 27 heavy (non-hydrogen) atoms. The third-order valence-corrected chi connectivity index (χ3v) is 3.60. The Balaban J connectivity index is 2.00. The van der Waals surface area contributed by atoms with Crippen molar-refractivity contribution in [2.24, 2.45) is 0 Å². The van der Waals surface area contributed by atoms with E-state index < -0.39 is 30.6 Å². The van der Waals surface area contributed by atoms with Crippen molar-refractivity contribution in [1.29, 1.82) is 5.26 Å². The minimum atomic E-state index is -0.723. The molecule has 0 aliphatic carbocycles. The summed E-state index contributed by atoms with van der Waals surface area (Å²) < 4.78 is 15.3. The minimum Gasteiger partial charge on any atom is -0.481 e. The molecule has 9 heteroatoms. The van der Waals surface area contributed by atoms with Gasteiger partial charge >= 0.3 is 18.0 Å². The molecule has 1 atom stereocenters. The Labute approximate surface area is 155 Å². The van der Waals surface area contributed by atoms with Crippen LogP contribution in [0.1, 0.15) is 19.4 Å². The molecule has 2 rings (SSSR count). The molecule has 2 N–H and O–H groups in total. The van der Waals surface area contributed by atoms with Crippen molar-refractivity contribution in [1.82, 2.24) is 10.6 Å². The van der Waals surface area contributed by atoms with Crippen LogP contribution in [0.4, 0.5) is 4.79 Å². The van der Waals surface area contributed by atoms with Crippen LogP contribution in [0, 0.1) is 11.3 Å². The predicted molar refractivity (Wildman–Crippen MR) is 92.4 cm³/mol. The number of carbonyl (C=O) groups is 3. The van der Waals surface area contributed by atoms with Crippen molar-refractivity contribution in [3.8, 4) is 11.8 Å². The zero-order valence-electron chi connectivity index (χ0n) is 14.9. The summed E-state index contributed by atoms with van der Waals surface area (Å²) in [6.07, 6.45) is 0. The summed E-state index contributed by atoms with van der Waals surface area (Å²) in [4.78, 5) is 35.6. The summed E-state index contributed by atoms with van der Waals surface area (Å²) in [5.41, 5.74) is 0.618. The molecule has 0 spiro atoms. The van der Waals surface area contributed by atoms with Crippen LogP contribution in [-0.2, 0) is 19.1 Å². The van der Waals surface area contributed by atoms with Gasteiger partial charge < -0.3 is 24.8 Å². The number of amides is 2. The minimum absolute atomic E-state index is 0.149. The van der Waals surface area contributed by atoms with Crippen LogP contribution in [0.3, 0.4) is 0 Å². The Kier molecular flexibility index (Phi) is 6.77. The second-order valence-electron chi connectivity index (χ2n) is 5.49. The lowest BCUT2D eigenvalue weighted by atomic mass is 10.0. The van der Waals surface area contributed by atoms with Crippen LogP contribution in [0.5, 0.6) is 5.75 Å². The predicted octanol–water partition coefficient (Wildman–Crippen LogP) is 0.999. The van der Waals surface area contributed by atoms with Gasteiger partial charge in [0.05, 0.1) is 29.5 Å². The molecule has 1 aliphatic heterocycles. The fourth-order valence-electron chi connectivity index (χ4n) is 2.41. The maximum atomic E-state index is 12.1. The summed E-state index contributed by atoms with van der Waals surface area (Å²) >= 11 is 0.